The maximum Gasteiger partial charge on any atom is 0.297 e. The SMILES string of the molecule is CCn1c(-c2ccc(Br)cc2)csc1=Nc1c(C)n(C)n(-c2ccccc2)c1=O. The molecular formula is C22H21BrN4OS. The largest absolute Gasteiger partial charge is 0.317 e. The second-order valence-electron chi connectivity index (χ2n) is 6.68. The average Bonchev–Trinajstić information content (AvgIpc) is 3.23. The molecule has 0 aliphatic heterocycles. The molecule has 0 radical (unpaired) electrons. The monoisotopic (exact) mass is 468 g/mol. The van der Waals surface area contributed by atoms with Crippen molar-refractivity contribution in [1.82, 2.24) is 13.9 Å². The normalized spacial score (nSPS) is 11.9. The highest BCUT2D eigenvalue weighted by Gasteiger charge is 2.16. The third kappa shape index (κ3) is 3.56. The molecule has 2 aromatic carbocycles. The van der Waals surface area contributed by atoms with E-state index in [-0.39, 0.29) is 5.56 Å². The summed E-state index contributed by atoms with van der Waals surface area (Å²) < 4.78 is 6.71. The van der Waals surface area contributed by atoms with Gasteiger partial charge in [-0.2, -0.15) is 0 Å². The number of hydrogen-bond donors (Lipinski definition) is 0. The standard InChI is InChI=1S/C22H21BrN4OS/c1-4-26-19(16-10-12-17(23)13-11-16)14-29-22(26)24-20-15(2)25(3)27(21(20)28)18-8-6-5-7-9-18/h5-14H,4H2,1-3H3. The first kappa shape index (κ1) is 19.7. The highest BCUT2D eigenvalue weighted by molar-refractivity contribution is 9.10. The number of nitrogens with zero attached hydrogens (tertiary/aromatic N) is 4. The fraction of sp³-hybridized carbons (Fsp3) is 0.182. The zero-order valence-electron chi connectivity index (χ0n) is 16.5. The van der Waals surface area contributed by atoms with Crippen molar-refractivity contribution >= 4 is 33.0 Å². The van der Waals surface area contributed by atoms with Crippen LogP contribution in [0.5, 0.6) is 0 Å². The fourth-order valence-corrected chi connectivity index (χ4v) is 4.60. The molecule has 148 valence electrons. The van der Waals surface area contributed by atoms with Gasteiger partial charge in [-0.25, -0.2) is 9.67 Å². The Hall–Kier alpha value is -2.64. The van der Waals surface area contributed by atoms with E-state index in [1.807, 2.05) is 61.1 Å². The number of para-hydroxylation sites is 1. The Morgan fingerprint density at radius 1 is 1.07 bits per heavy atom. The minimum absolute atomic E-state index is 0.113. The van der Waals surface area contributed by atoms with E-state index in [1.54, 1.807) is 16.0 Å². The minimum Gasteiger partial charge on any atom is -0.317 e. The molecular weight excluding hydrogens is 448 g/mol. The summed E-state index contributed by atoms with van der Waals surface area (Å²) in [5, 5.41) is 2.10. The third-order valence-corrected chi connectivity index (χ3v) is 6.38. The lowest BCUT2D eigenvalue weighted by Crippen LogP contribution is -2.20. The number of rotatable bonds is 4. The van der Waals surface area contributed by atoms with E-state index in [9.17, 15) is 4.79 Å². The van der Waals surface area contributed by atoms with Crippen LogP contribution in [-0.4, -0.2) is 13.9 Å². The summed E-state index contributed by atoms with van der Waals surface area (Å²) in [6.45, 7) is 4.79. The van der Waals surface area contributed by atoms with Gasteiger partial charge in [0.1, 0.15) is 0 Å². The number of benzene rings is 2. The predicted molar refractivity (Wildman–Crippen MR) is 122 cm³/mol. The zero-order chi connectivity index (χ0) is 20.5. The molecule has 0 fully saturated rings. The Balaban J connectivity index is 1.88. The second-order valence-corrected chi connectivity index (χ2v) is 8.43. The summed E-state index contributed by atoms with van der Waals surface area (Å²) in [6, 6.07) is 17.9. The molecule has 5 nitrogen and oxygen atoms in total. The van der Waals surface area contributed by atoms with Crippen LogP contribution in [0.25, 0.3) is 16.9 Å². The van der Waals surface area contributed by atoms with Crippen molar-refractivity contribution in [2.24, 2.45) is 12.0 Å². The lowest BCUT2D eigenvalue weighted by atomic mass is 10.2. The lowest BCUT2D eigenvalue weighted by Gasteiger charge is -2.07. The first-order valence-corrected chi connectivity index (χ1v) is 11.0. The molecule has 0 amide bonds. The van der Waals surface area contributed by atoms with E-state index in [4.69, 9.17) is 4.99 Å². The highest BCUT2D eigenvalue weighted by Crippen LogP contribution is 2.23. The van der Waals surface area contributed by atoms with Gasteiger partial charge >= 0.3 is 0 Å². The number of halogens is 1. The van der Waals surface area contributed by atoms with E-state index >= 15 is 0 Å². The molecule has 0 aliphatic carbocycles. The van der Waals surface area contributed by atoms with Crippen molar-refractivity contribution in [3.63, 3.8) is 0 Å². The molecule has 29 heavy (non-hydrogen) atoms. The number of aromatic nitrogens is 3. The Labute approximate surface area is 181 Å². The summed E-state index contributed by atoms with van der Waals surface area (Å²) in [6.07, 6.45) is 0. The van der Waals surface area contributed by atoms with Crippen LogP contribution in [-0.2, 0) is 13.6 Å². The zero-order valence-corrected chi connectivity index (χ0v) is 18.9. The van der Waals surface area contributed by atoms with Gasteiger partial charge in [0, 0.05) is 23.4 Å². The van der Waals surface area contributed by atoms with Gasteiger partial charge in [0.25, 0.3) is 5.56 Å². The quantitative estimate of drug-likeness (QED) is 0.414. The molecule has 0 saturated carbocycles. The molecule has 7 heteroatoms. The van der Waals surface area contributed by atoms with E-state index < -0.39 is 0 Å². The van der Waals surface area contributed by atoms with Gasteiger partial charge in [0.05, 0.1) is 17.1 Å². The first-order valence-electron chi connectivity index (χ1n) is 9.34. The van der Waals surface area contributed by atoms with Crippen molar-refractivity contribution in [3.8, 4) is 16.9 Å². The molecule has 0 aliphatic rings. The van der Waals surface area contributed by atoms with Crippen LogP contribution < -0.4 is 10.4 Å². The Bertz CT molecular complexity index is 1280. The maximum atomic E-state index is 13.2. The summed E-state index contributed by atoms with van der Waals surface area (Å²) in [7, 11) is 1.89. The summed E-state index contributed by atoms with van der Waals surface area (Å²) in [4.78, 5) is 18.8. The van der Waals surface area contributed by atoms with Gasteiger partial charge in [0.15, 0.2) is 10.5 Å². The van der Waals surface area contributed by atoms with Crippen molar-refractivity contribution < 1.29 is 0 Å². The van der Waals surface area contributed by atoms with Crippen LogP contribution in [0.4, 0.5) is 5.69 Å². The van der Waals surface area contributed by atoms with Crippen LogP contribution >= 0.6 is 27.3 Å². The molecule has 0 saturated heterocycles. The molecule has 0 atom stereocenters. The molecule has 2 aromatic heterocycles. The molecule has 0 N–H and O–H groups in total. The molecule has 2 heterocycles. The second kappa shape index (κ2) is 8.00. The highest BCUT2D eigenvalue weighted by atomic mass is 79.9. The first-order chi connectivity index (χ1) is 14.0. The molecule has 0 bridgehead atoms. The van der Waals surface area contributed by atoms with Crippen molar-refractivity contribution in [1.29, 1.82) is 0 Å². The van der Waals surface area contributed by atoms with Crippen LogP contribution in [0.3, 0.4) is 0 Å². The van der Waals surface area contributed by atoms with Crippen LogP contribution in [0.2, 0.25) is 0 Å². The Kier molecular flexibility index (Phi) is 5.43. The minimum atomic E-state index is -0.113. The molecule has 4 aromatic rings. The Morgan fingerprint density at radius 3 is 2.41 bits per heavy atom. The van der Waals surface area contributed by atoms with Gasteiger partial charge in [-0.1, -0.05) is 46.3 Å². The smallest absolute Gasteiger partial charge is 0.297 e. The predicted octanol–water partition coefficient (Wildman–Crippen LogP) is 5.03. The van der Waals surface area contributed by atoms with E-state index in [0.717, 1.165) is 38.5 Å². The van der Waals surface area contributed by atoms with E-state index in [1.165, 1.54) is 0 Å². The number of hydrogen-bond acceptors (Lipinski definition) is 3. The Morgan fingerprint density at radius 2 is 1.76 bits per heavy atom. The topological polar surface area (TPSA) is 44.2 Å². The lowest BCUT2D eigenvalue weighted by molar-refractivity contribution is 0.630. The van der Waals surface area contributed by atoms with Crippen molar-refractivity contribution in [2.45, 2.75) is 20.4 Å². The maximum absolute atomic E-state index is 13.2. The van der Waals surface area contributed by atoms with Crippen LogP contribution in [0.15, 0.2) is 74.2 Å². The molecule has 0 spiro atoms. The summed E-state index contributed by atoms with van der Waals surface area (Å²) in [5.74, 6) is 0. The van der Waals surface area contributed by atoms with Gasteiger partial charge < -0.3 is 4.57 Å². The van der Waals surface area contributed by atoms with Crippen LogP contribution in [0, 0.1) is 6.92 Å². The third-order valence-electron chi connectivity index (χ3n) is 4.99. The van der Waals surface area contributed by atoms with Gasteiger partial charge in [-0.15, -0.1) is 11.3 Å². The summed E-state index contributed by atoms with van der Waals surface area (Å²) >= 11 is 5.04. The molecule has 4 rings (SSSR count). The van der Waals surface area contributed by atoms with E-state index in [2.05, 4.69) is 44.9 Å². The average molecular weight is 469 g/mol. The van der Waals surface area contributed by atoms with Gasteiger partial charge in [-0.3, -0.25) is 9.48 Å². The van der Waals surface area contributed by atoms with Crippen LogP contribution in [0.1, 0.15) is 12.6 Å². The molecule has 0 unspecified atom stereocenters. The number of thiazole rings is 1. The summed E-state index contributed by atoms with van der Waals surface area (Å²) in [5.41, 5.74) is 4.25. The van der Waals surface area contributed by atoms with Crippen molar-refractivity contribution in [3.05, 3.63) is 85.3 Å². The van der Waals surface area contributed by atoms with E-state index in [0.29, 0.717) is 5.69 Å². The fourth-order valence-electron chi connectivity index (χ4n) is 3.35. The van der Waals surface area contributed by atoms with Gasteiger partial charge in [-0.05, 0) is 43.7 Å². The van der Waals surface area contributed by atoms with Crippen molar-refractivity contribution in [2.75, 3.05) is 0 Å². The van der Waals surface area contributed by atoms with Gasteiger partial charge in [0.2, 0.25) is 0 Å².